The number of allylic oxidation sites excluding steroid dienone is 1. The third-order valence-corrected chi connectivity index (χ3v) is 5.64. The van der Waals surface area contributed by atoms with Crippen molar-refractivity contribution < 1.29 is 13.9 Å². The number of amides is 1. The molecule has 0 aliphatic carbocycles. The van der Waals surface area contributed by atoms with Crippen molar-refractivity contribution in [1.82, 2.24) is 4.98 Å². The molecular formula is C28H22N2O3. The van der Waals surface area contributed by atoms with E-state index in [0.29, 0.717) is 11.6 Å². The molecule has 1 amide bonds. The third kappa shape index (κ3) is 4.08. The molecule has 0 atom stereocenters. The highest BCUT2D eigenvalue weighted by Gasteiger charge is 2.15. The maximum atomic E-state index is 12.5. The largest absolute Gasteiger partial charge is 0.496 e. The summed E-state index contributed by atoms with van der Waals surface area (Å²) in [5.74, 6) is 0.888. The van der Waals surface area contributed by atoms with Gasteiger partial charge in [0.2, 0.25) is 5.91 Å². The first kappa shape index (κ1) is 20.5. The number of rotatable bonds is 5. The minimum Gasteiger partial charge on any atom is -0.496 e. The smallest absolute Gasteiger partial charge is 0.249 e. The molecular weight excluding hydrogens is 412 g/mol. The van der Waals surface area contributed by atoms with E-state index in [1.165, 1.54) is 10.8 Å². The molecule has 1 N–H and O–H groups in total. The van der Waals surface area contributed by atoms with Gasteiger partial charge in [0.1, 0.15) is 17.2 Å². The van der Waals surface area contributed by atoms with Crippen LogP contribution in [-0.2, 0) is 4.79 Å². The third-order valence-electron chi connectivity index (χ3n) is 5.64. The van der Waals surface area contributed by atoms with Gasteiger partial charge in [-0.15, -0.1) is 0 Å². The average molecular weight is 434 g/mol. The molecule has 162 valence electrons. The van der Waals surface area contributed by atoms with Crippen LogP contribution in [0.25, 0.3) is 38.4 Å². The molecule has 33 heavy (non-hydrogen) atoms. The SMILES string of the molecule is COc1cc2occ(-c3ccc4ccccc4c3)c2cc1/C(C)=C/C(=O)Nc1ccccn1. The summed E-state index contributed by atoms with van der Waals surface area (Å²) in [6.07, 6.45) is 4.95. The minimum absolute atomic E-state index is 0.254. The lowest BCUT2D eigenvalue weighted by molar-refractivity contribution is -0.111. The highest BCUT2D eigenvalue weighted by Crippen LogP contribution is 2.38. The van der Waals surface area contributed by atoms with E-state index in [0.717, 1.165) is 33.2 Å². The van der Waals surface area contributed by atoms with Crippen LogP contribution in [0.5, 0.6) is 5.75 Å². The minimum atomic E-state index is -0.254. The zero-order chi connectivity index (χ0) is 22.8. The normalized spacial score (nSPS) is 11.6. The molecule has 0 radical (unpaired) electrons. The first-order chi connectivity index (χ1) is 16.1. The van der Waals surface area contributed by atoms with Crippen molar-refractivity contribution in [3.8, 4) is 16.9 Å². The first-order valence-corrected chi connectivity index (χ1v) is 10.6. The molecule has 0 saturated heterocycles. The van der Waals surface area contributed by atoms with Crippen LogP contribution >= 0.6 is 0 Å². The highest BCUT2D eigenvalue weighted by atomic mass is 16.5. The van der Waals surface area contributed by atoms with Crippen LogP contribution in [0.15, 0.2) is 95.7 Å². The van der Waals surface area contributed by atoms with Crippen molar-refractivity contribution in [2.45, 2.75) is 6.92 Å². The van der Waals surface area contributed by atoms with E-state index in [1.54, 1.807) is 37.8 Å². The van der Waals surface area contributed by atoms with Crippen molar-refractivity contribution in [3.05, 3.63) is 96.9 Å². The summed E-state index contributed by atoms with van der Waals surface area (Å²) in [7, 11) is 1.61. The molecule has 2 heterocycles. The van der Waals surface area contributed by atoms with Gasteiger partial charge in [-0.3, -0.25) is 4.79 Å². The fraction of sp³-hybridized carbons (Fsp3) is 0.0714. The number of ether oxygens (including phenoxy) is 1. The summed E-state index contributed by atoms with van der Waals surface area (Å²) in [5, 5.41) is 6.09. The van der Waals surface area contributed by atoms with Crippen molar-refractivity contribution in [2.24, 2.45) is 0 Å². The lowest BCUT2D eigenvalue weighted by Crippen LogP contribution is -2.09. The Balaban J connectivity index is 1.55. The van der Waals surface area contributed by atoms with Gasteiger partial charge in [0.25, 0.3) is 0 Å². The number of carbonyl (C=O) groups excluding carboxylic acids is 1. The van der Waals surface area contributed by atoms with Gasteiger partial charge in [0, 0.05) is 34.9 Å². The van der Waals surface area contributed by atoms with Crippen molar-refractivity contribution in [3.63, 3.8) is 0 Å². The topological polar surface area (TPSA) is 64.4 Å². The predicted octanol–water partition coefficient (Wildman–Crippen LogP) is 6.70. The number of benzene rings is 3. The number of fused-ring (bicyclic) bond motifs is 2. The molecule has 5 heteroatoms. The van der Waals surface area contributed by atoms with E-state index in [2.05, 4.69) is 40.6 Å². The van der Waals surface area contributed by atoms with E-state index < -0.39 is 0 Å². The summed E-state index contributed by atoms with van der Waals surface area (Å²) in [6, 6.07) is 23.9. The van der Waals surface area contributed by atoms with E-state index in [4.69, 9.17) is 9.15 Å². The Hall–Kier alpha value is -4.38. The first-order valence-electron chi connectivity index (χ1n) is 10.6. The Kier molecular flexibility index (Phi) is 5.37. The van der Waals surface area contributed by atoms with E-state index in [9.17, 15) is 4.79 Å². The van der Waals surface area contributed by atoms with E-state index in [1.807, 2.05) is 37.3 Å². The van der Waals surface area contributed by atoms with Gasteiger partial charge in [-0.05, 0) is 53.1 Å². The van der Waals surface area contributed by atoms with Crippen LogP contribution in [-0.4, -0.2) is 18.0 Å². The molecule has 0 aliphatic rings. The van der Waals surface area contributed by atoms with Crippen molar-refractivity contribution in [2.75, 3.05) is 12.4 Å². The monoisotopic (exact) mass is 434 g/mol. The van der Waals surface area contributed by atoms with Crippen LogP contribution in [0.1, 0.15) is 12.5 Å². The Bertz CT molecular complexity index is 1500. The quantitative estimate of drug-likeness (QED) is 0.313. The molecule has 2 aromatic heterocycles. The Morgan fingerprint density at radius 2 is 1.82 bits per heavy atom. The number of methoxy groups -OCH3 is 1. The second-order valence-corrected chi connectivity index (χ2v) is 7.79. The van der Waals surface area contributed by atoms with Gasteiger partial charge in [-0.25, -0.2) is 4.98 Å². The zero-order valence-corrected chi connectivity index (χ0v) is 18.3. The van der Waals surface area contributed by atoms with Crippen molar-refractivity contribution >= 4 is 39.0 Å². The summed E-state index contributed by atoms with van der Waals surface area (Å²) in [5.41, 5.74) is 4.38. The van der Waals surface area contributed by atoms with Crippen molar-refractivity contribution in [1.29, 1.82) is 0 Å². The van der Waals surface area contributed by atoms with Crippen LogP contribution in [0.4, 0.5) is 5.82 Å². The molecule has 0 spiro atoms. The van der Waals surface area contributed by atoms with E-state index in [-0.39, 0.29) is 5.91 Å². The summed E-state index contributed by atoms with van der Waals surface area (Å²) in [4.78, 5) is 16.7. The molecule has 0 bridgehead atoms. The molecule has 3 aromatic carbocycles. The fourth-order valence-electron chi connectivity index (χ4n) is 3.99. The van der Waals surface area contributed by atoms with Crippen LogP contribution in [0.3, 0.4) is 0 Å². The average Bonchev–Trinajstić information content (AvgIpc) is 3.26. The number of furan rings is 1. The molecule has 0 fully saturated rings. The van der Waals surface area contributed by atoms with Gasteiger partial charge in [0.05, 0.1) is 13.4 Å². The molecule has 5 nitrogen and oxygen atoms in total. The molecule has 5 rings (SSSR count). The van der Waals surface area contributed by atoms with Gasteiger partial charge in [-0.2, -0.15) is 0 Å². The number of nitrogens with one attached hydrogen (secondary N) is 1. The number of carbonyl (C=O) groups is 1. The Labute approximate surface area is 191 Å². The summed E-state index contributed by atoms with van der Waals surface area (Å²) >= 11 is 0. The number of hydrogen-bond acceptors (Lipinski definition) is 4. The van der Waals surface area contributed by atoms with Gasteiger partial charge in [0.15, 0.2) is 0 Å². The highest BCUT2D eigenvalue weighted by molar-refractivity contribution is 6.05. The summed E-state index contributed by atoms with van der Waals surface area (Å²) in [6.45, 7) is 1.89. The molecule has 0 aliphatic heterocycles. The fourth-order valence-corrected chi connectivity index (χ4v) is 3.99. The maximum Gasteiger partial charge on any atom is 0.249 e. The zero-order valence-electron chi connectivity index (χ0n) is 18.3. The van der Waals surface area contributed by atoms with Crippen LogP contribution in [0.2, 0.25) is 0 Å². The maximum absolute atomic E-state index is 12.5. The number of hydrogen-bond donors (Lipinski definition) is 1. The van der Waals surface area contributed by atoms with Crippen LogP contribution < -0.4 is 10.1 Å². The van der Waals surface area contributed by atoms with Gasteiger partial charge < -0.3 is 14.5 Å². The standard InChI is InChI=1S/C28H22N2O3/c1-18(13-28(31)30-27-9-5-6-12-29-27)22-15-23-24(17-33-26(23)16-25(22)32-2)21-11-10-19-7-3-4-8-20(19)14-21/h3-17H,1-2H3,(H,29,30,31)/b18-13+. The Morgan fingerprint density at radius 3 is 2.61 bits per heavy atom. The lowest BCUT2D eigenvalue weighted by Gasteiger charge is -2.10. The number of nitrogens with zero attached hydrogens (tertiary/aromatic N) is 1. The van der Waals surface area contributed by atoms with Gasteiger partial charge in [-0.1, -0.05) is 42.5 Å². The molecule has 0 unspecified atom stereocenters. The summed E-state index contributed by atoms with van der Waals surface area (Å²) < 4.78 is 11.5. The number of pyridine rings is 1. The Morgan fingerprint density at radius 1 is 1.00 bits per heavy atom. The number of aromatic nitrogens is 1. The number of anilines is 1. The predicted molar refractivity (Wildman–Crippen MR) is 132 cm³/mol. The second kappa shape index (κ2) is 8.63. The second-order valence-electron chi connectivity index (χ2n) is 7.79. The van der Waals surface area contributed by atoms with Gasteiger partial charge >= 0.3 is 0 Å². The molecule has 5 aromatic rings. The lowest BCUT2D eigenvalue weighted by atomic mass is 9.97. The molecule has 0 saturated carbocycles. The van der Waals surface area contributed by atoms with E-state index >= 15 is 0 Å². The van der Waals surface area contributed by atoms with Crippen LogP contribution in [0, 0.1) is 0 Å².